The number of fused-ring (bicyclic) bond motifs is 1. The fraction of sp³-hybridized carbons (Fsp3) is 0.360. The lowest BCUT2D eigenvalue weighted by Crippen LogP contribution is -2.42. The fourth-order valence-electron chi connectivity index (χ4n) is 3.52. The maximum Gasteiger partial charge on any atom is 0.290 e. The van der Waals surface area contributed by atoms with Crippen LogP contribution in [0.2, 0.25) is 0 Å². The lowest BCUT2D eigenvalue weighted by Gasteiger charge is -2.12. The van der Waals surface area contributed by atoms with Crippen LogP contribution in [0, 0.1) is 6.92 Å². The van der Waals surface area contributed by atoms with E-state index in [1.807, 2.05) is 6.92 Å². The zero-order valence-electron chi connectivity index (χ0n) is 18.7. The molecular weight excluding hydrogens is 404 g/mol. The number of benzene rings is 2. The molecular formula is C25H30N4O3. The summed E-state index contributed by atoms with van der Waals surface area (Å²) in [6.07, 6.45) is 4.55. The molecule has 3 aromatic rings. The molecule has 3 rings (SSSR count). The third kappa shape index (κ3) is 6.03. The molecule has 0 bridgehead atoms. The van der Waals surface area contributed by atoms with Crippen LogP contribution >= 0.6 is 0 Å². The molecule has 2 amide bonds. The minimum atomic E-state index is -0.544. The monoisotopic (exact) mass is 434 g/mol. The van der Waals surface area contributed by atoms with Crippen LogP contribution in [0.4, 0.5) is 0 Å². The van der Waals surface area contributed by atoms with Crippen LogP contribution in [-0.4, -0.2) is 21.6 Å². The molecule has 0 saturated heterocycles. The first-order valence-corrected chi connectivity index (χ1v) is 11.1. The predicted molar refractivity (Wildman–Crippen MR) is 125 cm³/mol. The van der Waals surface area contributed by atoms with Gasteiger partial charge in [-0.05, 0) is 37.8 Å². The van der Waals surface area contributed by atoms with Gasteiger partial charge in [0, 0.05) is 18.4 Å². The Hall–Kier alpha value is -3.48. The molecule has 0 aliphatic heterocycles. The molecule has 1 heterocycles. The first kappa shape index (κ1) is 23.2. The standard InChI is InChI=1S/C25H30N4O3/c1-3-4-7-17-29-25(32)21-11-6-5-10-20(21)23(28-29)24(31)27-26-22(30)12-8-9-19-15-13-18(2)14-16-19/h5-6,10-11,13-16H,3-4,7-9,12,17H2,1-2H3,(H,26,30)(H,27,31). The molecule has 1 aromatic heterocycles. The van der Waals surface area contributed by atoms with E-state index in [0.29, 0.717) is 30.2 Å². The summed E-state index contributed by atoms with van der Waals surface area (Å²) >= 11 is 0. The van der Waals surface area contributed by atoms with Gasteiger partial charge < -0.3 is 0 Å². The van der Waals surface area contributed by atoms with Crippen LogP contribution in [0.1, 0.15) is 60.6 Å². The molecule has 0 aliphatic rings. The summed E-state index contributed by atoms with van der Waals surface area (Å²) in [4.78, 5) is 37.7. The highest BCUT2D eigenvalue weighted by atomic mass is 16.2. The summed E-state index contributed by atoms with van der Waals surface area (Å²) in [7, 11) is 0. The van der Waals surface area contributed by atoms with Crippen molar-refractivity contribution >= 4 is 22.6 Å². The number of hydrogen-bond acceptors (Lipinski definition) is 4. The van der Waals surface area contributed by atoms with Gasteiger partial charge in [-0.3, -0.25) is 25.2 Å². The predicted octanol–water partition coefficient (Wildman–Crippen LogP) is 3.68. The van der Waals surface area contributed by atoms with E-state index >= 15 is 0 Å². The number of nitrogens with zero attached hydrogens (tertiary/aromatic N) is 2. The van der Waals surface area contributed by atoms with Gasteiger partial charge in [0.25, 0.3) is 11.5 Å². The second-order valence-electron chi connectivity index (χ2n) is 7.97. The van der Waals surface area contributed by atoms with Crippen LogP contribution in [0.3, 0.4) is 0 Å². The molecule has 168 valence electrons. The van der Waals surface area contributed by atoms with Gasteiger partial charge in [-0.1, -0.05) is 67.8 Å². The Morgan fingerprint density at radius 1 is 0.938 bits per heavy atom. The zero-order chi connectivity index (χ0) is 22.9. The van der Waals surface area contributed by atoms with E-state index in [9.17, 15) is 14.4 Å². The Morgan fingerprint density at radius 3 is 2.38 bits per heavy atom. The first-order valence-electron chi connectivity index (χ1n) is 11.1. The van der Waals surface area contributed by atoms with Crippen molar-refractivity contribution < 1.29 is 9.59 Å². The number of aryl methyl sites for hydroxylation is 3. The van der Waals surface area contributed by atoms with Gasteiger partial charge in [0.05, 0.1) is 5.39 Å². The topological polar surface area (TPSA) is 93.1 Å². The summed E-state index contributed by atoms with van der Waals surface area (Å²) in [5.74, 6) is -0.816. The molecule has 7 nitrogen and oxygen atoms in total. The Bertz CT molecular complexity index is 1140. The summed E-state index contributed by atoms with van der Waals surface area (Å²) in [5, 5.41) is 5.21. The zero-order valence-corrected chi connectivity index (χ0v) is 18.7. The van der Waals surface area contributed by atoms with Gasteiger partial charge in [-0.25, -0.2) is 4.68 Å². The number of amides is 2. The molecule has 0 saturated carbocycles. The Balaban J connectivity index is 1.62. The summed E-state index contributed by atoms with van der Waals surface area (Å²) < 4.78 is 1.34. The van der Waals surface area contributed by atoms with Gasteiger partial charge in [-0.2, -0.15) is 5.10 Å². The van der Waals surface area contributed by atoms with Gasteiger partial charge >= 0.3 is 0 Å². The maximum absolute atomic E-state index is 12.8. The molecule has 32 heavy (non-hydrogen) atoms. The number of hydrazine groups is 1. The van der Waals surface area contributed by atoms with E-state index in [1.54, 1.807) is 24.3 Å². The van der Waals surface area contributed by atoms with Gasteiger partial charge in [0.15, 0.2) is 5.69 Å². The smallest absolute Gasteiger partial charge is 0.273 e. The van der Waals surface area contributed by atoms with Crippen molar-refractivity contribution in [2.75, 3.05) is 0 Å². The Morgan fingerprint density at radius 2 is 1.66 bits per heavy atom. The van der Waals surface area contributed by atoms with Gasteiger partial charge in [-0.15, -0.1) is 0 Å². The molecule has 2 N–H and O–H groups in total. The van der Waals surface area contributed by atoms with E-state index in [1.165, 1.54) is 15.8 Å². The quantitative estimate of drug-likeness (QED) is 0.397. The number of aromatic nitrogens is 2. The van der Waals surface area contributed by atoms with Crippen molar-refractivity contribution in [2.24, 2.45) is 0 Å². The molecule has 0 fully saturated rings. The SMILES string of the molecule is CCCCCn1nc(C(=O)NNC(=O)CCCc2ccc(C)cc2)c2ccccc2c1=O. The molecule has 0 radical (unpaired) electrons. The van der Waals surface area contributed by atoms with Crippen molar-refractivity contribution in [3.05, 3.63) is 75.7 Å². The van der Waals surface area contributed by atoms with Crippen LogP contribution in [0.5, 0.6) is 0 Å². The van der Waals surface area contributed by atoms with Crippen LogP contribution in [0.25, 0.3) is 10.8 Å². The van der Waals surface area contributed by atoms with Gasteiger partial charge in [0.1, 0.15) is 0 Å². The molecule has 0 spiro atoms. The number of carbonyl (C=O) groups excluding carboxylic acids is 2. The van der Waals surface area contributed by atoms with Crippen molar-refractivity contribution in [1.82, 2.24) is 20.6 Å². The van der Waals surface area contributed by atoms with Crippen LogP contribution in [0.15, 0.2) is 53.3 Å². The molecule has 0 atom stereocenters. The van der Waals surface area contributed by atoms with Gasteiger partial charge in [0.2, 0.25) is 5.91 Å². The van der Waals surface area contributed by atoms with E-state index in [2.05, 4.69) is 47.1 Å². The number of rotatable bonds is 9. The highest BCUT2D eigenvalue weighted by molar-refractivity contribution is 6.05. The summed E-state index contributed by atoms with van der Waals surface area (Å²) in [6.45, 7) is 4.57. The third-order valence-corrected chi connectivity index (χ3v) is 5.36. The van der Waals surface area contributed by atoms with Crippen molar-refractivity contribution in [3.8, 4) is 0 Å². The van der Waals surface area contributed by atoms with Crippen molar-refractivity contribution in [3.63, 3.8) is 0 Å². The molecule has 7 heteroatoms. The normalized spacial score (nSPS) is 10.8. The first-order chi connectivity index (χ1) is 15.5. The number of carbonyl (C=O) groups is 2. The molecule has 0 aliphatic carbocycles. The number of unbranched alkanes of at least 4 members (excludes halogenated alkanes) is 2. The largest absolute Gasteiger partial charge is 0.290 e. The summed E-state index contributed by atoms with van der Waals surface area (Å²) in [5.41, 5.74) is 7.19. The van der Waals surface area contributed by atoms with Crippen molar-refractivity contribution in [1.29, 1.82) is 0 Å². The van der Waals surface area contributed by atoms with E-state index in [0.717, 1.165) is 25.7 Å². The number of hydrogen-bond donors (Lipinski definition) is 2. The number of nitrogens with one attached hydrogen (secondary N) is 2. The van der Waals surface area contributed by atoms with E-state index < -0.39 is 5.91 Å². The van der Waals surface area contributed by atoms with Crippen LogP contribution < -0.4 is 16.4 Å². The average molecular weight is 435 g/mol. The Kier molecular flexibility index (Phi) is 8.14. The lowest BCUT2D eigenvalue weighted by atomic mass is 10.1. The van der Waals surface area contributed by atoms with Crippen molar-refractivity contribution in [2.45, 2.75) is 58.9 Å². The molecule has 0 unspecified atom stereocenters. The fourth-order valence-corrected chi connectivity index (χ4v) is 3.52. The highest BCUT2D eigenvalue weighted by Gasteiger charge is 2.17. The van der Waals surface area contributed by atoms with Crippen LogP contribution in [-0.2, 0) is 17.8 Å². The lowest BCUT2D eigenvalue weighted by molar-refractivity contribution is -0.121. The minimum absolute atomic E-state index is 0.122. The second-order valence-corrected chi connectivity index (χ2v) is 7.97. The van der Waals surface area contributed by atoms with E-state index in [-0.39, 0.29) is 17.2 Å². The minimum Gasteiger partial charge on any atom is -0.273 e. The second kappa shape index (κ2) is 11.2. The summed E-state index contributed by atoms with van der Waals surface area (Å²) in [6, 6.07) is 15.1. The molecule has 2 aromatic carbocycles. The maximum atomic E-state index is 12.8. The third-order valence-electron chi connectivity index (χ3n) is 5.36. The highest BCUT2D eigenvalue weighted by Crippen LogP contribution is 2.13. The average Bonchev–Trinajstić information content (AvgIpc) is 2.80. The Labute approximate surface area is 187 Å². The van der Waals surface area contributed by atoms with E-state index in [4.69, 9.17) is 0 Å².